The smallest absolute Gasteiger partial charge is 0.186 e. The molecule has 0 aliphatic carbocycles. The molecule has 1 aromatic heterocycles. The molecule has 0 radical (unpaired) electrons. The minimum atomic E-state index is 0.904. The summed E-state index contributed by atoms with van der Waals surface area (Å²) in [5.74, 6) is 0.904. The second kappa shape index (κ2) is 7.14. The number of fused-ring (bicyclic) bond motifs is 1. The maximum absolute atomic E-state index is 5.24. The Kier molecular flexibility index (Phi) is 4.72. The van der Waals surface area contributed by atoms with Crippen molar-refractivity contribution in [2.45, 2.75) is 4.90 Å². The lowest BCUT2D eigenvalue weighted by atomic mass is 10.2. The summed E-state index contributed by atoms with van der Waals surface area (Å²) in [6.07, 6.45) is 2.11. The number of methoxy groups -OCH3 is 1. The molecule has 0 unspecified atom stereocenters. The predicted molar refractivity (Wildman–Crippen MR) is 109 cm³/mol. The average molecular weight is 372 g/mol. The molecule has 0 spiro atoms. The number of benzene rings is 2. The second-order valence-corrected chi connectivity index (χ2v) is 7.89. The molecule has 2 aromatic carbocycles. The first-order valence-electron chi connectivity index (χ1n) is 8.35. The van der Waals surface area contributed by atoms with Crippen LogP contribution in [0.3, 0.4) is 0 Å². The first-order chi connectivity index (χ1) is 12.3. The van der Waals surface area contributed by atoms with Gasteiger partial charge in [0, 0.05) is 36.8 Å². The average Bonchev–Trinajstić information content (AvgIpc) is 3.11. The summed E-state index contributed by atoms with van der Waals surface area (Å²) in [6, 6.07) is 14.9. The van der Waals surface area contributed by atoms with Crippen molar-refractivity contribution in [1.29, 1.82) is 0 Å². The van der Waals surface area contributed by atoms with Crippen molar-refractivity contribution in [2.24, 2.45) is 0 Å². The molecule has 1 aliphatic heterocycles. The van der Waals surface area contributed by atoms with E-state index in [1.165, 1.54) is 15.3 Å². The van der Waals surface area contributed by atoms with Crippen LogP contribution in [-0.2, 0) is 0 Å². The Labute approximate surface area is 156 Å². The third-order valence-corrected chi connectivity index (χ3v) is 6.38. The Bertz CT molecular complexity index is 855. The fourth-order valence-corrected chi connectivity index (χ4v) is 4.67. The lowest BCUT2D eigenvalue weighted by Gasteiger charge is -2.36. The summed E-state index contributed by atoms with van der Waals surface area (Å²) < 4.78 is 6.52. The van der Waals surface area contributed by atoms with Crippen molar-refractivity contribution in [3.8, 4) is 5.75 Å². The van der Waals surface area contributed by atoms with Crippen molar-refractivity contribution >= 4 is 44.1 Å². The quantitative estimate of drug-likeness (QED) is 0.636. The first kappa shape index (κ1) is 16.5. The van der Waals surface area contributed by atoms with Crippen LogP contribution in [0.5, 0.6) is 5.75 Å². The summed E-state index contributed by atoms with van der Waals surface area (Å²) in [5.41, 5.74) is 2.37. The second-order valence-electron chi connectivity index (χ2n) is 6.00. The van der Waals surface area contributed by atoms with E-state index < -0.39 is 0 Å². The molecule has 2 heterocycles. The van der Waals surface area contributed by atoms with Crippen LogP contribution in [0.15, 0.2) is 47.4 Å². The number of nitrogens with zero attached hydrogens (tertiary/aromatic N) is 3. The van der Waals surface area contributed by atoms with Gasteiger partial charge in [0.05, 0.1) is 17.3 Å². The molecule has 0 atom stereocenters. The van der Waals surface area contributed by atoms with Crippen LogP contribution in [0.1, 0.15) is 0 Å². The number of thioether (sulfide) groups is 1. The molecular weight excluding hydrogens is 350 g/mol. The zero-order valence-corrected chi connectivity index (χ0v) is 16.1. The molecule has 0 saturated carbocycles. The Morgan fingerprint density at radius 1 is 1.00 bits per heavy atom. The highest BCUT2D eigenvalue weighted by Gasteiger charge is 2.20. The Morgan fingerprint density at radius 3 is 2.40 bits per heavy atom. The molecule has 25 heavy (non-hydrogen) atoms. The van der Waals surface area contributed by atoms with Crippen LogP contribution < -0.4 is 14.5 Å². The van der Waals surface area contributed by atoms with Gasteiger partial charge in [-0.25, -0.2) is 4.98 Å². The van der Waals surface area contributed by atoms with Crippen molar-refractivity contribution in [3.05, 3.63) is 42.5 Å². The van der Waals surface area contributed by atoms with Gasteiger partial charge in [-0.1, -0.05) is 11.3 Å². The van der Waals surface area contributed by atoms with E-state index in [-0.39, 0.29) is 0 Å². The van der Waals surface area contributed by atoms with Gasteiger partial charge in [-0.15, -0.1) is 11.8 Å². The van der Waals surface area contributed by atoms with E-state index in [9.17, 15) is 0 Å². The molecule has 1 saturated heterocycles. The minimum Gasteiger partial charge on any atom is -0.497 e. The number of rotatable bonds is 4. The highest BCUT2D eigenvalue weighted by Crippen LogP contribution is 2.32. The molecule has 6 heteroatoms. The van der Waals surface area contributed by atoms with Gasteiger partial charge in [0.25, 0.3) is 0 Å². The van der Waals surface area contributed by atoms with Crippen molar-refractivity contribution in [1.82, 2.24) is 4.98 Å². The van der Waals surface area contributed by atoms with Gasteiger partial charge in [-0.2, -0.15) is 0 Å². The summed E-state index contributed by atoms with van der Waals surface area (Å²) in [5, 5.41) is 1.14. The minimum absolute atomic E-state index is 0.904. The first-order valence-corrected chi connectivity index (χ1v) is 10.4. The SMILES string of the molecule is COc1ccc(N2CCN(c3nc4ccc(SC)cc4s3)CC2)cc1. The summed E-state index contributed by atoms with van der Waals surface area (Å²) >= 11 is 3.58. The van der Waals surface area contributed by atoms with Gasteiger partial charge < -0.3 is 14.5 Å². The van der Waals surface area contributed by atoms with E-state index in [2.05, 4.69) is 46.4 Å². The monoisotopic (exact) mass is 371 g/mol. The lowest BCUT2D eigenvalue weighted by Crippen LogP contribution is -2.46. The Balaban J connectivity index is 1.45. The van der Waals surface area contributed by atoms with E-state index in [4.69, 9.17) is 9.72 Å². The maximum Gasteiger partial charge on any atom is 0.186 e. The fraction of sp³-hybridized carbons (Fsp3) is 0.316. The number of ether oxygens (including phenoxy) is 1. The van der Waals surface area contributed by atoms with Crippen LogP contribution >= 0.6 is 23.1 Å². The van der Waals surface area contributed by atoms with Crippen LogP contribution in [0.4, 0.5) is 10.8 Å². The number of thiazole rings is 1. The van der Waals surface area contributed by atoms with Crippen molar-refractivity contribution in [2.75, 3.05) is 49.3 Å². The Hall–Kier alpha value is -1.92. The van der Waals surface area contributed by atoms with Crippen LogP contribution in [-0.4, -0.2) is 44.5 Å². The van der Waals surface area contributed by atoms with Crippen LogP contribution in [0, 0.1) is 0 Å². The molecule has 130 valence electrons. The summed E-state index contributed by atoms with van der Waals surface area (Å²) in [4.78, 5) is 11.0. The highest BCUT2D eigenvalue weighted by molar-refractivity contribution is 7.98. The van der Waals surface area contributed by atoms with Gasteiger partial charge in [0.15, 0.2) is 5.13 Å². The standard InChI is InChI=1S/C19H21N3OS2/c1-23-15-5-3-14(4-6-15)21-9-11-22(12-10-21)19-20-17-8-7-16(24-2)13-18(17)25-19/h3-8,13H,9-12H2,1-2H3. The van der Waals surface area contributed by atoms with Crippen molar-refractivity contribution < 1.29 is 4.74 Å². The molecule has 1 aliphatic rings. The van der Waals surface area contributed by atoms with Gasteiger partial charge in [0.2, 0.25) is 0 Å². The summed E-state index contributed by atoms with van der Waals surface area (Å²) in [6.45, 7) is 4.03. The molecule has 4 rings (SSSR count). The third-order valence-electron chi connectivity index (χ3n) is 4.57. The number of aromatic nitrogens is 1. The normalized spacial score (nSPS) is 15.0. The van der Waals surface area contributed by atoms with Gasteiger partial charge in [-0.05, 0) is 48.7 Å². The molecule has 0 N–H and O–H groups in total. The largest absolute Gasteiger partial charge is 0.497 e. The van der Waals surface area contributed by atoms with Gasteiger partial charge in [0.1, 0.15) is 5.75 Å². The lowest BCUT2D eigenvalue weighted by molar-refractivity contribution is 0.415. The highest BCUT2D eigenvalue weighted by atomic mass is 32.2. The third kappa shape index (κ3) is 3.41. The molecule has 1 fully saturated rings. The van der Waals surface area contributed by atoms with E-state index >= 15 is 0 Å². The van der Waals surface area contributed by atoms with Crippen molar-refractivity contribution in [3.63, 3.8) is 0 Å². The van der Waals surface area contributed by atoms with Crippen LogP contribution in [0.2, 0.25) is 0 Å². The van der Waals surface area contributed by atoms with E-state index in [1.807, 2.05) is 12.1 Å². The number of hydrogen-bond donors (Lipinski definition) is 0. The maximum atomic E-state index is 5.24. The molecular formula is C19H21N3OS2. The molecule has 4 nitrogen and oxygen atoms in total. The number of anilines is 2. The topological polar surface area (TPSA) is 28.6 Å². The number of piperazine rings is 1. The predicted octanol–water partition coefficient (Wildman–Crippen LogP) is 4.35. The van der Waals surface area contributed by atoms with E-state index in [1.54, 1.807) is 30.2 Å². The zero-order valence-electron chi connectivity index (χ0n) is 14.4. The van der Waals surface area contributed by atoms with Crippen LogP contribution in [0.25, 0.3) is 10.2 Å². The number of hydrogen-bond acceptors (Lipinski definition) is 6. The van der Waals surface area contributed by atoms with Gasteiger partial charge >= 0.3 is 0 Å². The fourth-order valence-electron chi connectivity index (χ4n) is 3.10. The molecule has 0 bridgehead atoms. The summed E-state index contributed by atoms with van der Waals surface area (Å²) in [7, 11) is 1.70. The van der Waals surface area contributed by atoms with E-state index in [0.29, 0.717) is 0 Å². The van der Waals surface area contributed by atoms with Gasteiger partial charge in [-0.3, -0.25) is 0 Å². The van der Waals surface area contributed by atoms with E-state index in [0.717, 1.165) is 42.6 Å². The Morgan fingerprint density at radius 2 is 1.72 bits per heavy atom. The zero-order chi connectivity index (χ0) is 17.2. The molecule has 3 aromatic rings. The molecule has 0 amide bonds.